The molecule has 0 unspecified atom stereocenters. The second-order valence-corrected chi connectivity index (χ2v) is 6.79. The molecule has 0 N–H and O–H groups in total. The van der Waals surface area contributed by atoms with Crippen LogP contribution in [-0.4, -0.2) is 49.3 Å². The first kappa shape index (κ1) is 17.3. The topological polar surface area (TPSA) is 24.9 Å². The third-order valence-corrected chi connectivity index (χ3v) is 4.75. The Morgan fingerprint density at radius 2 is 2.08 bits per heavy atom. The Hall–Kier alpha value is -1.56. The Labute approximate surface area is 152 Å². The van der Waals surface area contributed by atoms with Crippen molar-refractivity contribution in [3.63, 3.8) is 0 Å². The van der Waals surface area contributed by atoms with Gasteiger partial charge in [0.15, 0.2) is 0 Å². The number of rotatable bonds is 5. The lowest BCUT2D eigenvalue weighted by Crippen LogP contribution is -2.38. The number of ether oxygens (including phenoxy) is 2. The van der Waals surface area contributed by atoms with Crippen molar-refractivity contribution in [2.24, 2.45) is 0 Å². The SMILES string of the molecule is C=C(OCC)C1=CC(CN2CCOCC2)=C2C=CC(Br)=CN2C1=C. The molecule has 3 rings (SSSR count). The normalized spacial score (nSPS) is 21.4. The van der Waals surface area contributed by atoms with Crippen LogP contribution in [-0.2, 0) is 9.47 Å². The zero-order valence-corrected chi connectivity index (χ0v) is 15.6. The Morgan fingerprint density at radius 3 is 2.79 bits per heavy atom. The molecule has 0 amide bonds. The van der Waals surface area contributed by atoms with Crippen LogP contribution in [0.5, 0.6) is 0 Å². The molecule has 5 heteroatoms. The fourth-order valence-corrected chi connectivity index (χ4v) is 3.38. The molecule has 0 aliphatic carbocycles. The largest absolute Gasteiger partial charge is 0.494 e. The maximum Gasteiger partial charge on any atom is 0.121 e. The minimum atomic E-state index is 0.595. The molecule has 0 atom stereocenters. The van der Waals surface area contributed by atoms with Crippen molar-refractivity contribution in [3.05, 3.63) is 70.4 Å². The Kier molecular flexibility index (Phi) is 5.43. The molecule has 0 spiro atoms. The fraction of sp³-hybridized carbons (Fsp3) is 0.368. The van der Waals surface area contributed by atoms with E-state index in [-0.39, 0.29) is 0 Å². The lowest BCUT2D eigenvalue weighted by Gasteiger charge is -2.36. The highest BCUT2D eigenvalue weighted by Gasteiger charge is 2.27. The van der Waals surface area contributed by atoms with E-state index in [0.29, 0.717) is 12.4 Å². The molecule has 0 saturated carbocycles. The summed E-state index contributed by atoms with van der Waals surface area (Å²) < 4.78 is 12.1. The average Bonchev–Trinajstić information content (AvgIpc) is 2.58. The summed E-state index contributed by atoms with van der Waals surface area (Å²) in [5, 5.41) is 0. The summed E-state index contributed by atoms with van der Waals surface area (Å²) in [7, 11) is 0. The van der Waals surface area contributed by atoms with Gasteiger partial charge in [-0.25, -0.2) is 0 Å². The first-order valence-corrected chi connectivity index (χ1v) is 9.00. The van der Waals surface area contributed by atoms with Crippen LogP contribution in [0.3, 0.4) is 0 Å². The standard InChI is InChI=1S/C19H23BrN2O2/c1-4-24-15(3)18-11-16(12-21-7-9-23-10-8-21)19-6-5-17(20)13-22(19)14(18)2/h5-6,11,13H,2-4,7-10,12H2,1H3. The molecule has 4 nitrogen and oxygen atoms in total. The zero-order chi connectivity index (χ0) is 17.1. The van der Waals surface area contributed by atoms with Crippen molar-refractivity contribution >= 4 is 15.9 Å². The van der Waals surface area contributed by atoms with E-state index in [1.54, 1.807) is 0 Å². The van der Waals surface area contributed by atoms with E-state index in [9.17, 15) is 0 Å². The summed E-state index contributed by atoms with van der Waals surface area (Å²) in [6.07, 6.45) is 8.40. The molecule has 128 valence electrons. The van der Waals surface area contributed by atoms with Gasteiger partial charge in [-0.05, 0) is 46.7 Å². The van der Waals surface area contributed by atoms with E-state index in [1.807, 2.05) is 13.1 Å². The van der Waals surface area contributed by atoms with Gasteiger partial charge < -0.3 is 14.4 Å². The van der Waals surface area contributed by atoms with Gasteiger partial charge in [-0.2, -0.15) is 0 Å². The smallest absolute Gasteiger partial charge is 0.121 e. The summed E-state index contributed by atoms with van der Waals surface area (Å²) in [5.74, 6) is 0.667. The van der Waals surface area contributed by atoms with E-state index in [2.05, 4.69) is 57.1 Å². The van der Waals surface area contributed by atoms with Crippen molar-refractivity contribution in [2.75, 3.05) is 39.5 Å². The van der Waals surface area contributed by atoms with Crippen LogP contribution < -0.4 is 0 Å². The molecule has 24 heavy (non-hydrogen) atoms. The van der Waals surface area contributed by atoms with Crippen LogP contribution >= 0.6 is 15.9 Å². The number of hydrogen-bond acceptors (Lipinski definition) is 4. The summed E-state index contributed by atoms with van der Waals surface area (Å²) >= 11 is 3.55. The highest BCUT2D eigenvalue weighted by molar-refractivity contribution is 9.11. The van der Waals surface area contributed by atoms with Crippen molar-refractivity contribution in [2.45, 2.75) is 6.92 Å². The van der Waals surface area contributed by atoms with Gasteiger partial charge in [-0.3, -0.25) is 4.90 Å². The minimum Gasteiger partial charge on any atom is -0.494 e. The molecule has 0 aromatic carbocycles. The zero-order valence-electron chi connectivity index (χ0n) is 14.1. The fourth-order valence-electron chi connectivity index (χ4n) is 3.04. The van der Waals surface area contributed by atoms with Crippen LogP contribution in [0.2, 0.25) is 0 Å². The van der Waals surface area contributed by atoms with Crippen molar-refractivity contribution < 1.29 is 9.47 Å². The number of fused-ring (bicyclic) bond motifs is 1. The second kappa shape index (κ2) is 7.55. The predicted octanol–water partition coefficient (Wildman–Crippen LogP) is 3.68. The number of nitrogens with zero attached hydrogens (tertiary/aromatic N) is 2. The van der Waals surface area contributed by atoms with E-state index in [0.717, 1.165) is 54.3 Å². The Balaban J connectivity index is 1.94. The molecule has 0 bridgehead atoms. The monoisotopic (exact) mass is 390 g/mol. The molecule has 1 saturated heterocycles. The van der Waals surface area contributed by atoms with Crippen molar-refractivity contribution in [1.82, 2.24) is 9.80 Å². The number of morpholine rings is 1. The summed E-state index contributed by atoms with van der Waals surface area (Å²) in [4.78, 5) is 4.52. The van der Waals surface area contributed by atoms with Crippen molar-refractivity contribution in [3.8, 4) is 0 Å². The van der Waals surface area contributed by atoms with Gasteiger partial charge in [-0.1, -0.05) is 13.2 Å². The third kappa shape index (κ3) is 3.58. The molecule has 3 aliphatic rings. The van der Waals surface area contributed by atoms with Crippen molar-refractivity contribution in [1.29, 1.82) is 0 Å². The van der Waals surface area contributed by atoms with Gasteiger partial charge >= 0.3 is 0 Å². The third-order valence-electron chi connectivity index (χ3n) is 4.28. The highest BCUT2D eigenvalue weighted by Crippen LogP contribution is 2.37. The quantitative estimate of drug-likeness (QED) is 0.668. The molecule has 3 aliphatic heterocycles. The number of allylic oxidation sites excluding steroid dienone is 3. The summed E-state index contributed by atoms with van der Waals surface area (Å²) in [5.41, 5.74) is 4.24. The summed E-state index contributed by atoms with van der Waals surface area (Å²) in [6.45, 7) is 15.3. The van der Waals surface area contributed by atoms with Gasteiger partial charge in [0.1, 0.15) is 5.76 Å². The molecule has 3 heterocycles. The van der Waals surface area contributed by atoms with Crippen LogP contribution in [0.25, 0.3) is 0 Å². The van der Waals surface area contributed by atoms with Crippen LogP contribution in [0.15, 0.2) is 70.4 Å². The Bertz CT molecular complexity index is 667. The van der Waals surface area contributed by atoms with Gasteiger partial charge in [0.05, 0.1) is 25.5 Å². The summed E-state index contributed by atoms with van der Waals surface area (Å²) in [6, 6.07) is 0. The maximum atomic E-state index is 5.64. The maximum absolute atomic E-state index is 5.64. The van der Waals surface area contributed by atoms with E-state index >= 15 is 0 Å². The second-order valence-electron chi connectivity index (χ2n) is 5.88. The number of hydrogen-bond donors (Lipinski definition) is 0. The first-order valence-electron chi connectivity index (χ1n) is 8.21. The lowest BCUT2D eigenvalue weighted by molar-refractivity contribution is 0.0424. The molecule has 1 fully saturated rings. The predicted molar refractivity (Wildman–Crippen MR) is 100 cm³/mol. The van der Waals surface area contributed by atoms with Crippen LogP contribution in [0, 0.1) is 0 Å². The molecule has 0 aromatic rings. The van der Waals surface area contributed by atoms with Gasteiger partial charge in [0.25, 0.3) is 0 Å². The minimum absolute atomic E-state index is 0.595. The average molecular weight is 391 g/mol. The van der Waals surface area contributed by atoms with E-state index in [1.165, 1.54) is 5.57 Å². The van der Waals surface area contributed by atoms with Gasteiger partial charge in [-0.15, -0.1) is 0 Å². The molecule has 0 aromatic heterocycles. The van der Waals surface area contributed by atoms with Gasteiger partial charge in [0.2, 0.25) is 0 Å². The Morgan fingerprint density at radius 1 is 1.33 bits per heavy atom. The molecular weight excluding hydrogens is 368 g/mol. The van der Waals surface area contributed by atoms with Crippen LogP contribution in [0.4, 0.5) is 0 Å². The number of halogens is 1. The van der Waals surface area contributed by atoms with Gasteiger partial charge in [0, 0.05) is 41.6 Å². The van der Waals surface area contributed by atoms with E-state index in [4.69, 9.17) is 9.47 Å². The molecular formula is C19H23BrN2O2. The van der Waals surface area contributed by atoms with E-state index < -0.39 is 0 Å². The first-order chi connectivity index (χ1) is 11.6. The van der Waals surface area contributed by atoms with Crippen LogP contribution in [0.1, 0.15) is 6.92 Å². The highest BCUT2D eigenvalue weighted by atomic mass is 79.9. The molecule has 0 radical (unpaired) electrons. The lowest BCUT2D eigenvalue weighted by atomic mass is 9.97.